The summed E-state index contributed by atoms with van der Waals surface area (Å²) in [6, 6.07) is 12.1. The molecule has 2 aromatic rings. The third-order valence-corrected chi connectivity index (χ3v) is 5.50. The van der Waals surface area contributed by atoms with Crippen LogP contribution in [0.1, 0.15) is 36.6 Å². The Labute approximate surface area is 168 Å². The van der Waals surface area contributed by atoms with Gasteiger partial charge in [-0.05, 0) is 24.1 Å². The summed E-state index contributed by atoms with van der Waals surface area (Å²) in [7, 11) is 0. The van der Waals surface area contributed by atoms with Crippen molar-refractivity contribution in [1.29, 1.82) is 0 Å². The summed E-state index contributed by atoms with van der Waals surface area (Å²) in [5.74, 6) is -1.84. The monoisotopic (exact) mass is 394 g/mol. The molecule has 8 heteroatoms. The van der Waals surface area contributed by atoms with E-state index in [1.807, 2.05) is 43.3 Å². The van der Waals surface area contributed by atoms with E-state index in [9.17, 15) is 14.4 Å². The predicted molar refractivity (Wildman–Crippen MR) is 103 cm³/mol. The number of hydrogen-bond acceptors (Lipinski definition) is 6. The molecule has 2 aliphatic heterocycles. The van der Waals surface area contributed by atoms with Crippen molar-refractivity contribution in [2.75, 3.05) is 6.54 Å². The van der Waals surface area contributed by atoms with Crippen molar-refractivity contribution >= 4 is 17.7 Å². The first kappa shape index (κ1) is 19.2. The zero-order chi connectivity index (χ0) is 20.5. The van der Waals surface area contributed by atoms with Crippen LogP contribution >= 0.6 is 0 Å². The lowest BCUT2D eigenvalue weighted by atomic mass is 9.91. The number of carbonyl (C=O) groups excluding carboxylic acids is 3. The van der Waals surface area contributed by atoms with E-state index in [1.165, 1.54) is 9.96 Å². The second-order valence-electron chi connectivity index (χ2n) is 7.27. The number of benzene rings is 1. The Hall–Kier alpha value is -3.10. The van der Waals surface area contributed by atoms with E-state index in [4.69, 9.17) is 10.6 Å². The number of carbonyl (C=O) groups is 3. The van der Waals surface area contributed by atoms with Crippen LogP contribution in [0.4, 0.5) is 0 Å². The summed E-state index contributed by atoms with van der Waals surface area (Å²) < 4.78 is 0. The van der Waals surface area contributed by atoms with Crippen LogP contribution in [-0.4, -0.2) is 45.3 Å². The summed E-state index contributed by atoms with van der Waals surface area (Å²) in [5.41, 5.74) is 6.90. The third kappa shape index (κ3) is 3.41. The number of hydrogen-bond donors (Lipinski definition) is 1. The molecular weight excluding hydrogens is 372 g/mol. The maximum absolute atomic E-state index is 13.4. The van der Waals surface area contributed by atoms with Gasteiger partial charge >= 0.3 is 0 Å². The first-order valence-electron chi connectivity index (χ1n) is 9.52. The average Bonchev–Trinajstić information content (AvgIpc) is 3.23. The van der Waals surface area contributed by atoms with Gasteiger partial charge in [0, 0.05) is 25.4 Å². The van der Waals surface area contributed by atoms with Gasteiger partial charge in [-0.2, -0.15) is 5.06 Å². The van der Waals surface area contributed by atoms with Crippen molar-refractivity contribution in [3.8, 4) is 0 Å². The zero-order valence-electron chi connectivity index (χ0n) is 16.0. The molecule has 2 aliphatic rings. The molecule has 4 unspecified atom stereocenters. The lowest BCUT2D eigenvalue weighted by Crippen LogP contribution is -2.39. The fraction of sp³-hybridized carbons (Fsp3) is 0.333. The molecule has 4 atom stereocenters. The summed E-state index contributed by atoms with van der Waals surface area (Å²) in [4.78, 5) is 49.1. The summed E-state index contributed by atoms with van der Waals surface area (Å²) in [5, 5.41) is 1.53. The molecule has 0 aliphatic carbocycles. The maximum Gasteiger partial charge on any atom is 0.261 e. The second kappa shape index (κ2) is 7.73. The van der Waals surface area contributed by atoms with Crippen LogP contribution in [-0.2, 0) is 19.2 Å². The fourth-order valence-corrected chi connectivity index (χ4v) is 4.09. The molecule has 0 saturated carbocycles. The Morgan fingerprint density at radius 2 is 1.93 bits per heavy atom. The predicted octanol–water partition coefficient (Wildman–Crippen LogP) is 1.36. The van der Waals surface area contributed by atoms with Gasteiger partial charge in [-0.15, -0.1) is 0 Å². The smallest absolute Gasteiger partial charge is 0.261 e. The Bertz CT molecular complexity index is 921. The Balaban J connectivity index is 1.66. The molecule has 1 aromatic carbocycles. The zero-order valence-corrected chi connectivity index (χ0v) is 16.0. The molecular formula is C21H22N4O4. The number of nitrogens with two attached hydrogens (primary N) is 1. The Morgan fingerprint density at radius 1 is 1.17 bits per heavy atom. The van der Waals surface area contributed by atoms with Crippen LogP contribution in [0.15, 0.2) is 54.9 Å². The molecule has 0 radical (unpaired) electrons. The van der Waals surface area contributed by atoms with E-state index in [2.05, 4.69) is 4.98 Å². The Morgan fingerprint density at radius 3 is 2.59 bits per heavy atom. The van der Waals surface area contributed by atoms with Gasteiger partial charge in [0.15, 0.2) is 6.10 Å². The van der Waals surface area contributed by atoms with Gasteiger partial charge in [0.05, 0.1) is 18.0 Å². The van der Waals surface area contributed by atoms with E-state index >= 15 is 0 Å². The number of nitrogens with zero attached hydrogens (tertiary/aromatic N) is 3. The quantitative estimate of drug-likeness (QED) is 0.742. The van der Waals surface area contributed by atoms with Gasteiger partial charge in [0.25, 0.3) is 5.91 Å². The molecule has 0 bridgehead atoms. The Kier molecular flexibility index (Phi) is 5.12. The van der Waals surface area contributed by atoms with Crippen LogP contribution in [0.3, 0.4) is 0 Å². The highest BCUT2D eigenvalue weighted by Crippen LogP contribution is 2.46. The number of aromatic nitrogens is 1. The maximum atomic E-state index is 13.4. The molecule has 29 heavy (non-hydrogen) atoms. The highest BCUT2D eigenvalue weighted by atomic mass is 16.7. The van der Waals surface area contributed by atoms with E-state index < -0.39 is 30.0 Å². The first-order chi connectivity index (χ1) is 14.0. The van der Waals surface area contributed by atoms with Gasteiger partial charge in [-0.1, -0.05) is 36.4 Å². The van der Waals surface area contributed by atoms with Crippen molar-refractivity contribution in [2.24, 2.45) is 11.7 Å². The lowest BCUT2D eigenvalue weighted by molar-refractivity contribution is -0.181. The van der Waals surface area contributed by atoms with Crippen molar-refractivity contribution < 1.29 is 19.2 Å². The number of imide groups is 1. The first-order valence-corrected chi connectivity index (χ1v) is 9.52. The standard InChI is InChI=1S/C21H22N4O4/c1-13(14-6-3-2-4-7-14)25-20(27)17-18(15-8-5-10-23-12-15)24(11-9-16(22)26)29-19(17)21(25)28/h2-8,10,12-13,17-19H,9,11H2,1H3,(H2,22,26). The van der Waals surface area contributed by atoms with Gasteiger partial charge in [-0.25, -0.2) is 0 Å². The minimum absolute atomic E-state index is 0.0582. The topological polar surface area (TPSA) is 106 Å². The van der Waals surface area contributed by atoms with Crippen molar-refractivity contribution in [3.63, 3.8) is 0 Å². The number of likely N-dealkylation sites (tertiary alicyclic amines) is 1. The van der Waals surface area contributed by atoms with E-state index in [-0.39, 0.29) is 24.8 Å². The fourth-order valence-electron chi connectivity index (χ4n) is 4.09. The molecule has 1 aromatic heterocycles. The minimum Gasteiger partial charge on any atom is -0.370 e. The number of fused-ring (bicyclic) bond motifs is 1. The van der Waals surface area contributed by atoms with Gasteiger partial charge in [0.2, 0.25) is 11.8 Å². The SMILES string of the molecule is CC(c1ccccc1)N1C(=O)C2ON(CCC(N)=O)C(c3cccnc3)C2C1=O. The second-order valence-corrected chi connectivity index (χ2v) is 7.27. The number of hydroxylamine groups is 2. The molecule has 2 saturated heterocycles. The van der Waals surface area contributed by atoms with Crippen molar-refractivity contribution in [1.82, 2.24) is 14.9 Å². The van der Waals surface area contributed by atoms with Gasteiger partial charge in [0.1, 0.15) is 0 Å². The van der Waals surface area contributed by atoms with Crippen LogP contribution < -0.4 is 5.73 Å². The van der Waals surface area contributed by atoms with E-state index in [1.54, 1.807) is 18.5 Å². The minimum atomic E-state index is -0.924. The van der Waals surface area contributed by atoms with Gasteiger partial charge in [-0.3, -0.25) is 29.1 Å². The lowest BCUT2D eigenvalue weighted by Gasteiger charge is -2.29. The molecule has 2 N–H and O–H groups in total. The molecule has 4 rings (SSSR count). The summed E-state index contributed by atoms with van der Waals surface area (Å²) in [6.07, 6.45) is 2.42. The van der Waals surface area contributed by atoms with Crippen LogP contribution in [0.25, 0.3) is 0 Å². The molecule has 3 amide bonds. The highest BCUT2D eigenvalue weighted by Gasteiger charge is 2.60. The molecule has 150 valence electrons. The van der Waals surface area contributed by atoms with Crippen molar-refractivity contribution in [3.05, 3.63) is 66.0 Å². The van der Waals surface area contributed by atoms with Crippen LogP contribution in [0.5, 0.6) is 0 Å². The van der Waals surface area contributed by atoms with E-state index in [0.29, 0.717) is 0 Å². The highest BCUT2D eigenvalue weighted by molar-refractivity contribution is 6.07. The van der Waals surface area contributed by atoms with Crippen LogP contribution in [0.2, 0.25) is 0 Å². The van der Waals surface area contributed by atoms with Gasteiger partial charge < -0.3 is 5.73 Å². The normalized spacial score (nSPS) is 25.3. The molecule has 2 fully saturated rings. The summed E-state index contributed by atoms with van der Waals surface area (Å²) in [6.45, 7) is 2.02. The number of amides is 3. The summed E-state index contributed by atoms with van der Waals surface area (Å²) >= 11 is 0. The molecule has 8 nitrogen and oxygen atoms in total. The number of rotatable bonds is 6. The van der Waals surface area contributed by atoms with Crippen molar-refractivity contribution in [2.45, 2.75) is 31.5 Å². The average molecular weight is 394 g/mol. The number of primary amides is 1. The van der Waals surface area contributed by atoms with Crippen LogP contribution in [0, 0.1) is 5.92 Å². The molecule has 3 heterocycles. The third-order valence-electron chi connectivity index (χ3n) is 5.50. The molecule has 0 spiro atoms. The largest absolute Gasteiger partial charge is 0.370 e. The number of pyridine rings is 1. The van der Waals surface area contributed by atoms with E-state index in [0.717, 1.165) is 11.1 Å².